The van der Waals surface area contributed by atoms with Crippen molar-refractivity contribution in [3.05, 3.63) is 52.9 Å². The minimum atomic E-state index is -0.625. The van der Waals surface area contributed by atoms with Gasteiger partial charge in [0.15, 0.2) is 0 Å². The van der Waals surface area contributed by atoms with E-state index in [1.807, 2.05) is 0 Å². The minimum absolute atomic E-state index is 0.0385. The predicted octanol–water partition coefficient (Wildman–Crippen LogP) is 3.93. The number of rotatable bonds is 3. The molecule has 22 heavy (non-hydrogen) atoms. The highest BCUT2D eigenvalue weighted by Gasteiger charge is 2.17. The van der Waals surface area contributed by atoms with Crippen LogP contribution in [0.2, 0.25) is 5.15 Å². The lowest BCUT2D eigenvalue weighted by Crippen LogP contribution is -2.04. The molecule has 0 amide bonds. The number of H-pyrrole nitrogens is 1. The fourth-order valence-electron chi connectivity index (χ4n) is 2.06. The number of fused-ring (bicyclic) bond motifs is 1. The number of nitrogens with one attached hydrogen (secondary N) is 1. The van der Waals surface area contributed by atoms with Gasteiger partial charge in [0.1, 0.15) is 28.0 Å². The molecule has 112 valence electrons. The number of esters is 1. The number of methoxy groups -OCH3 is 1. The van der Waals surface area contributed by atoms with E-state index in [1.165, 1.54) is 13.2 Å². The van der Waals surface area contributed by atoms with E-state index >= 15 is 0 Å². The average Bonchev–Trinajstić information content (AvgIpc) is 2.89. The molecule has 3 rings (SSSR count). The third kappa shape index (κ3) is 2.48. The van der Waals surface area contributed by atoms with Gasteiger partial charge in [-0.3, -0.25) is 5.10 Å². The highest BCUT2D eigenvalue weighted by Crippen LogP contribution is 2.35. The quantitative estimate of drug-likeness (QED) is 0.742. The van der Waals surface area contributed by atoms with Crippen LogP contribution in [0.4, 0.5) is 4.39 Å². The Morgan fingerprint density at radius 3 is 2.86 bits per heavy atom. The standard InChI is InChI=1S/C15H10ClFN2O3/c1-21-15(20)9-6-5-8(17)7-12(9)22-11-4-2-3-10-13(11)14(16)19-18-10/h2-7H,1H3,(H,18,19). The Bertz CT molecular complexity index is 863. The Kier molecular flexibility index (Phi) is 3.68. The van der Waals surface area contributed by atoms with Crippen molar-refractivity contribution in [3.63, 3.8) is 0 Å². The molecule has 1 heterocycles. The zero-order valence-corrected chi connectivity index (χ0v) is 12.1. The molecule has 1 N–H and O–H groups in total. The zero-order chi connectivity index (χ0) is 15.7. The number of nitrogens with zero attached hydrogens (tertiary/aromatic N) is 1. The smallest absolute Gasteiger partial charge is 0.341 e. The molecule has 0 aliphatic rings. The van der Waals surface area contributed by atoms with E-state index in [0.717, 1.165) is 12.1 Å². The number of benzene rings is 2. The summed E-state index contributed by atoms with van der Waals surface area (Å²) in [6.07, 6.45) is 0. The van der Waals surface area contributed by atoms with Gasteiger partial charge in [-0.2, -0.15) is 5.10 Å². The summed E-state index contributed by atoms with van der Waals surface area (Å²) < 4.78 is 23.8. The van der Waals surface area contributed by atoms with Crippen molar-refractivity contribution >= 4 is 28.5 Å². The van der Waals surface area contributed by atoms with Crippen LogP contribution in [0.1, 0.15) is 10.4 Å². The third-order valence-electron chi connectivity index (χ3n) is 3.07. The lowest BCUT2D eigenvalue weighted by molar-refractivity contribution is 0.0598. The maximum Gasteiger partial charge on any atom is 0.341 e. The van der Waals surface area contributed by atoms with Gasteiger partial charge >= 0.3 is 5.97 Å². The first-order valence-corrected chi connectivity index (χ1v) is 6.66. The number of ether oxygens (including phenoxy) is 2. The molecule has 5 nitrogen and oxygen atoms in total. The number of carbonyl (C=O) groups is 1. The van der Waals surface area contributed by atoms with Crippen molar-refractivity contribution in [3.8, 4) is 11.5 Å². The second kappa shape index (κ2) is 5.65. The summed E-state index contributed by atoms with van der Waals surface area (Å²) in [5, 5.41) is 7.48. The number of hydrogen-bond acceptors (Lipinski definition) is 4. The van der Waals surface area contributed by atoms with Gasteiger partial charge in [-0.05, 0) is 24.3 Å². The van der Waals surface area contributed by atoms with Gasteiger partial charge in [-0.15, -0.1) is 0 Å². The fraction of sp³-hybridized carbons (Fsp3) is 0.0667. The normalized spacial score (nSPS) is 10.7. The first-order chi connectivity index (χ1) is 10.6. The van der Waals surface area contributed by atoms with Gasteiger partial charge < -0.3 is 9.47 Å². The van der Waals surface area contributed by atoms with Crippen molar-refractivity contribution in [1.29, 1.82) is 0 Å². The fourth-order valence-corrected chi connectivity index (χ4v) is 2.29. The number of hydrogen-bond donors (Lipinski definition) is 1. The number of carbonyl (C=O) groups excluding carboxylic acids is 1. The lowest BCUT2D eigenvalue weighted by Gasteiger charge is -2.11. The highest BCUT2D eigenvalue weighted by atomic mass is 35.5. The van der Waals surface area contributed by atoms with E-state index in [9.17, 15) is 9.18 Å². The molecule has 0 saturated heterocycles. The Morgan fingerprint density at radius 1 is 1.27 bits per heavy atom. The van der Waals surface area contributed by atoms with Crippen LogP contribution in [-0.4, -0.2) is 23.3 Å². The van der Waals surface area contributed by atoms with Crippen molar-refractivity contribution in [2.45, 2.75) is 0 Å². The van der Waals surface area contributed by atoms with Gasteiger partial charge in [-0.1, -0.05) is 17.7 Å². The molecule has 0 spiro atoms. The Hall–Kier alpha value is -2.60. The largest absolute Gasteiger partial charge is 0.465 e. The summed E-state index contributed by atoms with van der Waals surface area (Å²) in [6.45, 7) is 0. The van der Waals surface area contributed by atoms with Crippen LogP contribution >= 0.6 is 11.6 Å². The maximum absolute atomic E-state index is 13.5. The maximum atomic E-state index is 13.5. The molecule has 3 aromatic rings. The topological polar surface area (TPSA) is 64.2 Å². The van der Waals surface area contributed by atoms with Gasteiger partial charge in [-0.25, -0.2) is 9.18 Å². The van der Waals surface area contributed by atoms with Crippen molar-refractivity contribution in [1.82, 2.24) is 10.2 Å². The van der Waals surface area contributed by atoms with E-state index in [4.69, 9.17) is 16.3 Å². The molecule has 0 radical (unpaired) electrons. The van der Waals surface area contributed by atoms with E-state index in [0.29, 0.717) is 21.8 Å². The van der Waals surface area contributed by atoms with Crippen molar-refractivity contribution < 1.29 is 18.7 Å². The third-order valence-corrected chi connectivity index (χ3v) is 3.34. The molecule has 0 fully saturated rings. The number of aromatic amines is 1. The van der Waals surface area contributed by atoms with Gasteiger partial charge in [0.25, 0.3) is 0 Å². The molecule has 7 heteroatoms. The van der Waals surface area contributed by atoms with Crippen LogP contribution < -0.4 is 4.74 Å². The summed E-state index contributed by atoms with van der Waals surface area (Å²) >= 11 is 6.04. The van der Waals surface area contributed by atoms with Crippen molar-refractivity contribution in [2.75, 3.05) is 7.11 Å². The Labute approximate surface area is 129 Å². The number of halogens is 2. The lowest BCUT2D eigenvalue weighted by atomic mass is 10.2. The summed E-state index contributed by atoms with van der Waals surface area (Å²) in [7, 11) is 1.24. The molecule has 1 aromatic heterocycles. The summed E-state index contributed by atoms with van der Waals surface area (Å²) in [5.74, 6) is -0.766. The zero-order valence-electron chi connectivity index (χ0n) is 11.4. The highest BCUT2D eigenvalue weighted by molar-refractivity contribution is 6.34. The molecule has 0 aliphatic heterocycles. The molecular formula is C15H10ClFN2O3. The van der Waals surface area contributed by atoms with Crippen LogP contribution in [-0.2, 0) is 4.74 Å². The van der Waals surface area contributed by atoms with Crippen LogP contribution in [0.15, 0.2) is 36.4 Å². The molecule has 0 unspecified atom stereocenters. The second-order valence-electron chi connectivity index (χ2n) is 4.42. The summed E-state index contributed by atoms with van der Waals surface area (Å²) in [4.78, 5) is 11.7. The van der Waals surface area contributed by atoms with E-state index < -0.39 is 11.8 Å². The van der Waals surface area contributed by atoms with Crippen LogP contribution in [0.25, 0.3) is 10.9 Å². The monoisotopic (exact) mass is 320 g/mol. The second-order valence-corrected chi connectivity index (χ2v) is 4.80. The van der Waals surface area contributed by atoms with Crippen LogP contribution in [0.5, 0.6) is 11.5 Å². The van der Waals surface area contributed by atoms with E-state index in [-0.39, 0.29) is 11.3 Å². The van der Waals surface area contributed by atoms with E-state index in [2.05, 4.69) is 14.9 Å². The molecule has 0 atom stereocenters. The summed E-state index contributed by atoms with van der Waals surface area (Å²) in [6, 6.07) is 8.68. The Morgan fingerprint density at radius 2 is 2.09 bits per heavy atom. The van der Waals surface area contributed by atoms with Gasteiger partial charge in [0.05, 0.1) is 18.0 Å². The molecule has 0 aliphatic carbocycles. The SMILES string of the molecule is COC(=O)c1ccc(F)cc1Oc1cccc2n[nH]c(Cl)c12. The Balaban J connectivity index is 2.10. The van der Waals surface area contributed by atoms with Gasteiger partial charge in [0, 0.05) is 6.07 Å². The molecule has 2 aromatic carbocycles. The summed E-state index contributed by atoms with van der Waals surface area (Å²) in [5.41, 5.74) is 0.707. The first-order valence-electron chi connectivity index (χ1n) is 6.28. The minimum Gasteiger partial charge on any atom is -0.465 e. The van der Waals surface area contributed by atoms with Crippen LogP contribution in [0, 0.1) is 5.82 Å². The average molecular weight is 321 g/mol. The molecule has 0 bridgehead atoms. The molecular weight excluding hydrogens is 311 g/mol. The predicted molar refractivity (Wildman–Crippen MR) is 78.9 cm³/mol. The van der Waals surface area contributed by atoms with E-state index in [1.54, 1.807) is 18.2 Å². The van der Waals surface area contributed by atoms with Crippen molar-refractivity contribution in [2.24, 2.45) is 0 Å². The molecule has 0 saturated carbocycles. The van der Waals surface area contributed by atoms with Crippen LogP contribution in [0.3, 0.4) is 0 Å². The van der Waals surface area contributed by atoms with Gasteiger partial charge in [0.2, 0.25) is 0 Å². The number of aromatic nitrogens is 2. The first kappa shape index (κ1) is 14.3.